The van der Waals surface area contributed by atoms with E-state index in [-0.39, 0.29) is 5.82 Å². The van der Waals surface area contributed by atoms with E-state index in [1.54, 1.807) is 6.20 Å². The molecule has 2 heterocycles. The number of aromatic amines is 2. The lowest BCUT2D eigenvalue weighted by Gasteiger charge is -2.04. The fourth-order valence-corrected chi connectivity index (χ4v) is 2.14. The normalized spacial score (nSPS) is 10.9. The van der Waals surface area contributed by atoms with Crippen LogP contribution in [0.4, 0.5) is 14.6 Å². The lowest BCUT2D eigenvalue weighted by molar-refractivity contribution is 0.584. The van der Waals surface area contributed by atoms with Gasteiger partial charge in [-0.3, -0.25) is 10.2 Å². The van der Waals surface area contributed by atoms with Gasteiger partial charge < -0.3 is 5.73 Å². The van der Waals surface area contributed by atoms with Gasteiger partial charge in [0.1, 0.15) is 11.6 Å². The average Bonchev–Trinajstić information content (AvgIpc) is 2.93. The zero-order valence-electron chi connectivity index (χ0n) is 10.5. The maximum Gasteiger partial charge on any atom is 0.153 e. The van der Waals surface area contributed by atoms with Crippen LogP contribution < -0.4 is 5.73 Å². The molecule has 5 nitrogen and oxygen atoms in total. The first kappa shape index (κ1) is 12.3. The highest BCUT2D eigenvalue weighted by Crippen LogP contribution is 2.35. The van der Waals surface area contributed by atoms with Crippen LogP contribution in [0.25, 0.3) is 22.4 Å². The maximum atomic E-state index is 13.4. The van der Waals surface area contributed by atoms with Gasteiger partial charge in [0.05, 0.1) is 17.5 Å². The Hall–Kier alpha value is -2.70. The second kappa shape index (κ2) is 4.44. The minimum absolute atomic E-state index is 0.172. The topological polar surface area (TPSA) is 83.4 Å². The molecule has 0 saturated heterocycles. The van der Waals surface area contributed by atoms with Crippen molar-refractivity contribution in [3.8, 4) is 22.4 Å². The number of rotatable bonds is 2. The predicted molar refractivity (Wildman–Crippen MR) is 70.7 cm³/mol. The van der Waals surface area contributed by atoms with Crippen LogP contribution in [-0.4, -0.2) is 20.4 Å². The Labute approximate surface area is 112 Å². The number of H-pyrrole nitrogens is 2. The lowest BCUT2D eigenvalue weighted by atomic mass is 10.0. The van der Waals surface area contributed by atoms with Gasteiger partial charge in [-0.05, 0) is 24.6 Å². The van der Waals surface area contributed by atoms with Crippen molar-refractivity contribution in [3.05, 3.63) is 41.7 Å². The van der Waals surface area contributed by atoms with E-state index in [1.165, 1.54) is 12.1 Å². The standard InChI is InChI=1S/C13H11F2N5/c1-6-10(5-17-18-6)12-11(13(16)20-19-12)7-2-8(14)4-9(15)3-7/h2-5H,1H3,(H,17,18)(H3,16,19,20). The van der Waals surface area contributed by atoms with E-state index in [0.29, 0.717) is 16.8 Å². The molecule has 0 bridgehead atoms. The zero-order chi connectivity index (χ0) is 14.3. The summed E-state index contributed by atoms with van der Waals surface area (Å²) < 4.78 is 26.8. The summed E-state index contributed by atoms with van der Waals surface area (Å²) >= 11 is 0. The van der Waals surface area contributed by atoms with Gasteiger partial charge in [-0.2, -0.15) is 10.2 Å². The Morgan fingerprint density at radius 3 is 2.40 bits per heavy atom. The van der Waals surface area contributed by atoms with Gasteiger partial charge in [0.2, 0.25) is 0 Å². The number of nitrogen functional groups attached to an aromatic ring is 1. The quantitative estimate of drug-likeness (QED) is 0.672. The van der Waals surface area contributed by atoms with Crippen LogP contribution in [0.3, 0.4) is 0 Å². The molecule has 3 rings (SSSR count). The fourth-order valence-electron chi connectivity index (χ4n) is 2.14. The van der Waals surface area contributed by atoms with Crippen LogP contribution in [0.2, 0.25) is 0 Å². The van der Waals surface area contributed by atoms with Gasteiger partial charge >= 0.3 is 0 Å². The number of hydrogen-bond donors (Lipinski definition) is 3. The molecular formula is C13H11F2N5. The Morgan fingerprint density at radius 2 is 1.80 bits per heavy atom. The monoisotopic (exact) mass is 275 g/mol. The summed E-state index contributed by atoms with van der Waals surface area (Å²) in [5, 5.41) is 13.4. The van der Waals surface area contributed by atoms with E-state index < -0.39 is 11.6 Å². The highest BCUT2D eigenvalue weighted by atomic mass is 19.1. The molecule has 0 aliphatic carbocycles. The third kappa shape index (κ3) is 1.93. The van der Waals surface area contributed by atoms with Crippen LogP contribution in [-0.2, 0) is 0 Å². The molecule has 2 aromatic heterocycles. The number of hydrogen-bond acceptors (Lipinski definition) is 3. The number of nitrogens with one attached hydrogen (secondary N) is 2. The Bertz CT molecular complexity index is 755. The molecule has 0 spiro atoms. The van der Waals surface area contributed by atoms with Crippen LogP contribution in [0.5, 0.6) is 0 Å². The minimum atomic E-state index is -0.671. The molecule has 0 atom stereocenters. The average molecular weight is 275 g/mol. The second-order valence-corrected chi connectivity index (χ2v) is 4.43. The molecule has 7 heteroatoms. The molecule has 4 N–H and O–H groups in total. The molecule has 0 saturated carbocycles. The van der Waals surface area contributed by atoms with Gasteiger partial charge in [0.15, 0.2) is 5.82 Å². The molecule has 102 valence electrons. The Kier molecular flexibility index (Phi) is 2.74. The fraction of sp³-hybridized carbons (Fsp3) is 0.0769. The van der Waals surface area contributed by atoms with Gasteiger partial charge in [0.25, 0.3) is 0 Å². The summed E-state index contributed by atoms with van der Waals surface area (Å²) in [5.74, 6) is -1.17. The number of nitrogens with two attached hydrogens (primary N) is 1. The smallest absolute Gasteiger partial charge is 0.153 e. The molecule has 1 aromatic carbocycles. The number of benzene rings is 1. The first-order valence-corrected chi connectivity index (χ1v) is 5.87. The zero-order valence-corrected chi connectivity index (χ0v) is 10.5. The van der Waals surface area contributed by atoms with Crippen molar-refractivity contribution in [3.63, 3.8) is 0 Å². The van der Waals surface area contributed by atoms with E-state index in [0.717, 1.165) is 17.3 Å². The van der Waals surface area contributed by atoms with Crippen LogP contribution in [0, 0.1) is 18.6 Å². The number of halogens is 2. The number of nitrogens with zero attached hydrogens (tertiary/aromatic N) is 2. The molecule has 0 aliphatic heterocycles. The highest BCUT2D eigenvalue weighted by Gasteiger charge is 2.18. The molecular weight excluding hydrogens is 264 g/mol. The maximum absolute atomic E-state index is 13.4. The van der Waals surface area contributed by atoms with E-state index in [1.807, 2.05) is 6.92 Å². The summed E-state index contributed by atoms with van der Waals surface area (Å²) in [6.45, 7) is 1.83. The third-order valence-corrected chi connectivity index (χ3v) is 3.04. The van der Waals surface area contributed by atoms with Gasteiger partial charge in [-0.1, -0.05) is 0 Å². The van der Waals surface area contributed by atoms with Crippen LogP contribution in [0.1, 0.15) is 5.69 Å². The summed E-state index contributed by atoms with van der Waals surface area (Å²) in [6, 6.07) is 3.23. The lowest BCUT2D eigenvalue weighted by Crippen LogP contribution is -1.91. The molecule has 3 aromatic rings. The molecule has 20 heavy (non-hydrogen) atoms. The largest absolute Gasteiger partial charge is 0.382 e. The van der Waals surface area contributed by atoms with Crippen molar-refractivity contribution >= 4 is 5.82 Å². The van der Waals surface area contributed by atoms with Crippen molar-refractivity contribution in [2.45, 2.75) is 6.92 Å². The van der Waals surface area contributed by atoms with Crippen molar-refractivity contribution in [2.24, 2.45) is 0 Å². The SMILES string of the molecule is Cc1[nH]ncc1-c1[nH]nc(N)c1-c1cc(F)cc(F)c1. The van der Waals surface area contributed by atoms with Crippen molar-refractivity contribution in [1.82, 2.24) is 20.4 Å². The molecule has 0 radical (unpaired) electrons. The van der Waals surface area contributed by atoms with Crippen molar-refractivity contribution < 1.29 is 8.78 Å². The second-order valence-electron chi connectivity index (χ2n) is 4.43. The Balaban J connectivity index is 2.24. The summed E-state index contributed by atoms with van der Waals surface area (Å²) in [4.78, 5) is 0. The number of aryl methyl sites for hydroxylation is 1. The van der Waals surface area contributed by atoms with Crippen LogP contribution >= 0.6 is 0 Å². The molecule has 0 amide bonds. The van der Waals surface area contributed by atoms with Crippen LogP contribution in [0.15, 0.2) is 24.4 Å². The first-order valence-electron chi connectivity index (χ1n) is 5.87. The van der Waals surface area contributed by atoms with E-state index in [4.69, 9.17) is 5.73 Å². The Morgan fingerprint density at radius 1 is 1.10 bits per heavy atom. The summed E-state index contributed by atoms with van der Waals surface area (Å²) in [7, 11) is 0. The van der Waals surface area contributed by atoms with Gasteiger partial charge in [-0.25, -0.2) is 8.78 Å². The predicted octanol–water partition coefficient (Wildman–Crippen LogP) is 2.64. The molecule has 0 fully saturated rings. The van der Waals surface area contributed by atoms with Gasteiger partial charge in [0, 0.05) is 17.3 Å². The highest BCUT2D eigenvalue weighted by molar-refractivity contribution is 5.88. The van der Waals surface area contributed by atoms with Crippen molar-refractivity contribution in [1.29, 1.82) is 0 Å². The number of anilines is 1. The van der Waals surface area contributed by atoms with E-state index in [9.17, 15) is 8.78 Å². The van der Waals surface area contributed by atoms with Crippen molar-refractivity contribution in [2.75, 3.05) is 5.73 Å². The van der Waals surface area contributed by atoms with Gasteiger partial charge in [-0.15, -0.1) is 0 Å². The summed E-state index contributed by atoms with van der Waals surface area (Å²) in [6.07, 6.45) is 1.60. The third-order valence-electron chi connectivity index (χ3n) is 3.04. The molecule has 0 aliphatic rings. The summed E-state index contributed by atoms with van der Waals surface area (Å²) in [5.41, 5.74) is 8.70. The van der Waals surface area contributed by atoms with E-state index in [2.05, 4.69) is 20.4 Å². The molecule has 0 unspecified atom stereocenters. The first-order chi connectivity index (χ1) is 9.56. The van der Waals surface area contributed by atoms with E-state index >= 15 is 0 Å². The minimum Gasteiger partial charge on any atom is -0.382 e. The number of aromatic nitrogens is 4.